The summed E-state index contributed by atoms with van der Waals surface area (Å²) in [5.74, 6) is 0. The number of nitrogens with zero attached hydrogens (tertiary/aromatic N) is 1. The van der Waals surface area contributed by atoms with E-state index < -0.39 is 0 Å². The van der Waals surface area contributed by atoms with E-state index in [4.69, 9.17) is 11.6 Å². The molecule has 0 fully saturated rings. The van der Waals surface area contributed by atoms with Crippen LogP contribution in [-0.2, 0) is 0 Å². The Morgan fingerprint density at radius 3 is 2.26 bits per heavy atom. The predicted molar refractivity (Wildman–Crippen MR) is 85.2 cm³/mol. The van der Waals surface area contributed by atoms with Crippen molar-refractivity contribution in [2.45, 2.75) is 4.90 Å². The summed E-state index contributed by atoms with van der Waals surface area (Å²) in [6.45, 7) is 0. The third kappa shape index (κ3) is 3.87. The number of benzene rings is 2. The summed E-state index contributed by atoms with van der Waals surface area (Å²) in [4.78, 5) is 1.65. The van der Waals surface area contributed by atoms with Crippen LogP contribution < -0.4 is 0 Å². The molecule has 0 aliphatic rings. The van der Waals surface area contributed by atoms with Crippen LogP contribution in [0.15, 0.2) is 64.4 Å². The summed E-state index contributed by atoms with van der Waals surface area (Å²) in [7, 11) is 0. The quantitative estimate of drug-likeness (QED) is 0.522. The molecule has 0 aliphatic heterocycles. The van der Waals surface area contributed by atoms with Crippen LogP contribution in [0.1, 0.15) is 5.56 Å². The van der Waals surface area contributed by atoms with Gasteiger partial charge in [0, 0.05) is 14.4 Å². The average molecular weight is 351 g/mol. The fraction of sp³-hybridized carbons (Fsp3) is 0. The zero-order chi connectivity index (χ0) is 13.7. The summed E-state index contributed by atoms with van der Waals surface area (Å²) in [5.41, 5.74) is 0.935. The normalized spacial score (nSPS) is 11.6. The Morgan fingerprint density at radius 2 is 1.68 bits per heavy atom. The van der Waals surface area contributed by atoms with Gasteiger partial charge in [-0.15, -0.1) is 0 Å². The summed E-state index contributed by atoms with van der Waals surface area (Å²) < 4.78 is 0.778. The fourth-order valence-electron chi connectivity index (χ4n) is 1.45. The van der Waals surface area contributed by atoms with E-state index in [9.17, 15) is 5.26 Å². The van der Waals surface area contributed by atoms with Crippen molar-refractivity contribution in [1.82, 2.24) is 0 Å². The summed E-state index contributed by atoms with van der Waals surface area (Å²) in [6, 6.07) is 19.4. The van der Waals surface area contributed by atoms with Gasteiger partial charge >= 0.3 is 0 Å². The SMILES string of the molecule is N#CC(Sc1ccccc1)=C(Br)c1ccc(Cl)cc1. The number of nitriles is 1. The first-order valence-electron chi connectivity index (χ1n) is 5.49. The lowest BCUT2D eigenvalue weighted by Gasteiger charge is -2.04. The van der Waals surface area contributed by atoms with Crippen molar-refractivity contribution >= 4 is 43.8 Å². The van der Waals surface area contributed by atoms with Crippen molar-refractivity contribution in [3.8, 4) is 6.07 Å². The van der Waals surface area contributed by atoms with Crippen LogP contribution >= 0.6 is 39.3 Å². The van der Waals surface area contributed by atoms with Crippen LogP contribution in [0.2, 0.25) is 5.02 Å². The second kappa shape index (κ2) is 6.81. The Kier molecular flexibility index (Phi) is 5.09. The molecule has 4 heteroatoms. The molecule has 0 unspecified atom stereocenters. The van der Waals surface area contributed by atoms with Crippen molar-refractivity contribution in [2.75, 3.05) is 0 Å². The maximum atomic E-state index is 9.29. The lowest BCUT2D eigenvalue weighted by atomic mass is 10.2. The molecule has 0 aliphatic carbocycles. The minimum atomic E-state index is 0.619. The molecule has 1 nitrogen and oxygen atoms in total. The number of rotatable bonds is 3. The van der Waals surface area contributed by atoms with Gasteiger partial charge in [0.1, 0.15) is 11.0 Å². The molecule has 0 bridgehead atoms. The maximum Gasteiger partial charge on any atom is 0.108 e. The highest BCUT2D eigenvalue weighted by atomic mass is 79.9. The van der Waals surface area contributed by atoms with Crippen LogP contribution in [-0.4, -0.2) is 0 Å². The van der Waals surface area contributed by atoms with Crippen LogP contribution in [0.4, 0.5) is 0 Å². The number of hydrogen-bond acceptors (Lipinski definition) is 2. The van der Waals surface area contributed by atoms with E-state index in [0.29, 0.717) is 9.93 Å². The fourth-order valence-corrected chi connectivity index (χ4v) is 2.95. The number of thioether (sulfide) groups is 1. The van der Waals surface area contributed by atoms with Crippen LogP contribution in [0.5, 0.6) is 0 Å². The first kappa shape index (κ1) is 14.2. The van der Waals surface area contributed by atoms with E-state index in [1.165, 1.54) is 11.8 Å². The zero-order valence-corrected chi connectivity index (χ0v) is 13.0. The van der Waals surface area contributed by atoms with Crippen LogP contribution in [0.3, 0.4) is 0 Å². The highest BCUT2D eigenvalue weighted by Gasteiger charge is 2.08. The Bertz CT molecular complexity index is 629. The number of halogens is 2. The summed E-state index contributed by atoms with van der Waals surface area (Å²) in [6.07, 6.45) is 0. The van der Waals surface area contributed by atoms with E-state index in [2.05, 4.69) is 22.0 Å². The van der Waals surface area contributed by atoms with Gasteiger partial charge in [0.05, 0.1) is 0 Å². The molecule has 0 radical (unpaired) electrons. The predicted octanol–water partition coefficient (Wildman–Crippen LogP) is 5.72. The standard InChI is InChI=1S/C15H9BrClNS/c16-15(11-6-8-12(17)9-7-11)14(10-18)19-13-4-2-1-3-5-13/h1-9H. The smallest absolute Gasteiger partial charge is 0.108 e. The summed E-state index contributed by atoms with van der Waals surface area (Å²) >= 11 is 10.8. The molecular formula is C15H9BrClNS. The third-order valence-electron chi connectivity index (χ3n) is 2.36. The Hall–Kier alpha value is -1.21. The maximum absolute atomic E-state index is 9.29. The first-order valence-corrected chi connectivity index (χ1v) is 7.48. The van der Waals surface area contributed by atoms with Gasteiger partial charge in [-0.2, -0.15) is 5.26 Å². The van der Waals surface area contributed by atoms with Crippen molar-refractivity contribution in [3.05, 3.63) is 70.1 Å². The van der Waals surface area contributed by atoms with Gasteiger partial charge in [0.2, 0.25) is 0 Å². The van der Waals surface area contributed by atoms with Gasteiger partial charge in [0.15, 0.2) is 0 Å². The van der Waals surface area contributed by atoms with Gasteiger partial charge in [-0.05, 0) is 45.8 Å². The van der Waals surface area contributed by atoms with Gasteiger partial charge in [-0.25, -0.2) is 0 Å². The minimum absolute atomic E-state index is 0.619. The molecular weight excluding hydrogens is 342 g/mol. The zero-order valence-electron chi connectivity index (χ0n) is 9.81. The van der Waals surface area contributed by atoms with Crippen LogP contribution in [0.25, 0.3) is 4.48 Å². The van der Waals surface area contributed by atoms with E-state index in [-0.39, 0.29) is 0 Å². The van der Waals surface area contributed by atoms with Gasteiger partial charge in [-0.1, -0.05) is 53.7 Å². The molecule has 0 spiro atoms. The largest absolute Gasteiger partial charge is 0.192 e. The minimum Gasteiger partial charge on any atom is -0.192 e. The molecule has 0 amide bonds. The van der Waals surface area contributed by atoms with E-state index in [0.717, 1.165) is 14.9 Å². The molecule has 19 heavy (non-hydrogen) atoms. The van der Waals surface area contributed by atoms with Crippen molar-refractivity contribution in [2.24, 2.45) is 0 Å². The second-order valence-electron chi connectivity index (χ2n) is 3.68. The third-order valence-corrected chi connectivity index (χ3v) is 4.74. The molecule has 0 aromatic heterocycles. The van der Waals surface area contributed by atoms with Gasteiger partial charge in [-0.3, -0.25) is 0 Å². The number of allylic oxidation sites excluding steroid dienone is 1. The van der Waals surface area contributed by atoms with Crippen molar-refractivity contribution < 1.29 is 0 Å². The second-order valence-corrected chi connectivity index (χ2v) is 5.99. The molecule has 0 atom stereocenters. The van der Waals surface area contributed by atoms with Crippen molar-refractivity contribution in [1.29, 1.82) is 5.26 Å². The Balaban J connectivity index is 2.32. The highest BCUT2D eigenvalue weighted by molar-refractivity contribution is 9.15. The highest BCUT2D eigenvalue weighted by Crippen LogP contribution is 2.35. The van der Waals surface area contributed by atoms with Gasteiger partial charge in [0.25, 0.3) is 0 Å². The van der Waals surface area contributed by atoms with E-state index in [1.54, 1.807) is 12.1 Å². The number of hydrogen-bond donors (Lipinski definition) is 0. The van der Waals surface area contributed by atoms with Crippen LogP contribution in [0, 0.1) is 11.3 Å². The van der Waals surface area contributed by atoms with Crippen molar-refractivity contribution in [3.63, 3.8) is 0 Å². The molecule has 2 aromatic rings. The molecule has 0 heterocycles. The van der Waals surface area contributed by atoms with Gasteiger partial charge < -0.3 is 0 Å². The average Bonchev–Trinajstić information content (AvgIpc) is 2.46. The first-order chi connectivity index (χ1) is 9.20. The molecule has 2 aromatic carbocycles. The monoisotopic (exact) mass is 349 g/mol. The molecule has 94 valence electrons. The molecule has 2 rings (SSSR count). The lowest BCUT2D eigenvalue weighted by Crippen LogP contribution is -1.81. The molecule has 0 saturated heterocycles. The molecule has 0 saturated carbocycles. The summed E-state index contributed by atoms with van der Waals surface area (Å²) in [5, 5.41) is 9.97. The lowest BCUT2D eigenvalue weighted by molar-refractivity contribution is 1.46. The Labute approximate surface area is 130 Å². The van der Waals surface area contributed by atoms with E-state index in [1.807, 2.05) is 42.5 Å². The Morgan fingerprint density at radius 1 is 1.05 bits per heavy atom. The van der Waals surface area contributed by atoms with E-state index >= 15 is 0 Å². The molecule has 0 N–H and O–H groups in total. The topological polar surface area (TPSA) is 23.8 Å².